The maximum atomic E-state index is 5.03. The number of rotatable bonds is 10. The Morgan fingerprint density at radius 3 is 2.51 bits per heavy atom. The minimum Gasteiger partial charge on any atom is -0.322 e. The fourth-order valence-electron chi connectivity index (χ4n) is 5.46. The number of benzene rings is 2. The molecule has 1 aliphatic carbocycles. The molecule has 35 heavy (non-hydrogen) atoms. The molecular weight excluding hydrogens is 545 g/mol. The van der Waals surface area contributed by atoms with Gasteiger partial charge in [0.1, 0.15) is 5.69 Å². The molecule has 0 unspecified atom stereocenters. The van der Waals surface area contributed by atoms with Crippen molar-refractivity contribution in [3.05, 3.63) is 58.7 Å². The Bertz CT molecular complexity index is 1250. The van der Waals surface area contributed by atoms with E-state index in [1.54, 1.807) is 0 Å². The molecule has 2 heterocycles. The number of imidazole rings is 2. The van der Waals surface area contributed by atoms with E-state index >= 15 is 0 Å². The highest BCUT2D eigenvalue weighted by Crippen LogP contribution is 2.33. The number of unbranched alkanes of at least 4 members (excludes halogenated alkanes) is 2. The molecule has 5 nitrogen and oxygen atoms in total. The molecule has 0 saturated heterocycles. The number of nitrogens with one attached hydrogen (secondary N) is 1. The van der Waals surface area contributed by atoms with Crippen LogP contribution in [0.3, 0.4) is 0 Å². The van der Waals surface area contributed by atoms with Crippen molar-refractivity contribution < 1.29 is 0 Å². The lowest BCUT2D eigenvalue weighted by atomic mass is 9.89. The first kappa shape index (κ1) is 24.5. The van der Waals surface area contributed by atoms with Gasteiger partial charge < -0.3 is 14.5 Å². The lowest BCUT2D eigenvalue weighted by molar-refractivity contribution is 0.321. The van der Waals surface area contributed by atoms with Gasteiger partial charge in [-0.15, -0.1) is 0 Å². The van der Waals surface area contributed by atoms with Crippen LogP contribution in [-0.4, -0.2) is 32.7 Å². The third-order valence-electron chi connectivity index (χ3n) is 7.41. The molecule has 0 radical (unpaired) electrons. The number of nitrogens with zero attached hydrogens (tertiary/aromatic N) is 4. The van der Waals surface area contributed by atoms with Crippen LogP contribution in [0.25, 0.3) is 33.5 Å². The first-order valence-electron chi connectivity index (χ1n) is 13.2. The lowest BCUT2D eigenvalue weighted by Crippen LogP contribution is -2.16. The van der Waals surface area contributed by atoms with Crippen molar-refractivity contribution in [3.63, 3.8) is 0 Å². The van der Waals surface area contributed by atoms with Gasteiger partial charge in [0.05, 0.1) is 18.1 Å². The molecule has 184 valence electrons. The zero-order chi connectivity index (χ0) is 24.0. The van der Waals surface area contributed by atoms with E-state index in [9.17, 15) is 0 Å². The smallest absolute Gasteiger partial charge is 0.171 e. The van der Waals surface area contributed by atoms with Crippen LogP contribution >= 0.6 is 22.6 Å². The van der Waals surface area contributed by atoms with E-state index in [0.29, 0.717) is 5.92 Å². The Balaban J connectivity index is 1.51. The molecule has 6 heteroatoms. The molecule has 0 atom stereocenters. The zero-order valence-corrected chi connectivity index (χ0v) is 22.9. The summed E-state index contributed by atoms with van der Waals surface area (Å²) in [5, 5.41) is 5.81. The summed E-state index contributed by atoms with van der Waals surface area (Å²) >= 11 is 2.37. The van der Waals surface area contributed by atoms with E-state index in [0.717, 1.165) is 41.4 Å². The van der Waals surface area contributed by atoms with Gasteiger partial charge in [0.25, 0.3) is 0 Å². The Hall–Kier alpha value is -2.19. The molecule has 0 aliphatic heterocycles. The van der Waals surface area contributed by atoms with Gasteiger partial charge in [0.2, 0.25) is 0 Å². The standard InChI is InChI=1S/C29H36IN5/c1-31-16-8-3-9-17-34-27(20-33-29(34)30)28-32-19-26(35(28)21-22-10-4-2-5-11-22)25-15-14-23-12-6-7-13-24(23)18-25/h6-7,12-15,18-20,22,31H,2-5,8-11,16-17,21H2,1H3. The van der Waals surface area contributed by atoms with Crippen molar-refractivity contribution in [2.45, 2.75) is 64.5 Å². The second-order valence-corrected chi connectivity index (χ2v) is 10.8. The second-order valence-electron chi connectivity index (χ2n) is 9.87. The molecule has 0 amide bonds. The molecule has 1 N–H and O–H groups in total. The summed E-state index contributed by atoms with van der Waals surface area (Å²) in [7, 11) is 2.02. The molecule has 2 aromatic heterocycles. The van der Waals surface area contributed by atoms with Crippen LogP contribution in [0.15, 0.2) is 54.9 Å². The Morgan fingerprint density at radius 2 is 1.69 bits per heavy atom. The highest BCUT2D eigenvalue weighted by Gasteiger charge is 2.22. The summed E-state index contributed by atoms with van der Waals surface area (Å²) in [6, 6.07) is 15.4. The van der Waals surface area contributed by atoms with E-state index in [1.807, 2.05) is 13.2 Å². The first-order chi connectivity index (χ1) is 17.2. The number of aromatic nitrogens is 4. The third kappa shape index (κ3) is 5.64. The van der Waals surface area contributed by atoms with Crippen LogP contribution < -0.4 is 5.32 Å². The van der Waals surface area contributed by atoms with Crippen molar-refractivity contribution in [1.29, 1.82) is 0 Å². The van der Waals surface area contributed by atoms with Gasteiger partial charge in [-0.2, -0.15) is 0 Å². The Labute approximate surface area is 222 Å². The molecule has 2 aromatic carbocycles. The van der Waals surface area contributed by atoms with Gasteiger partial charge >= 0.3 is 0 Å². The Morgan fingerprint density at radius 1 is 0.886 bits per heavy atom. The van der Waals surface area contributed by atoms with Crippen LogP contribution in [0.2, 0.25) is 0 Å². The summed E-state index contributed by atoms with van der Waals surface area (Å²) in [5.74, 6) is 1.78. The number of fused-ring (bicyclic) bond motifs is 1. The minimum atomic E-state index is 0.716. The summed E-state index contributed by atoms with van der Waals surface area (Å²) in [5.41, 5.74) is 3.60. The largest absolute Gasteiger partial charge is 0.322 e. The van der Waals surface area contributed by atoms with Crippen LogP contribution in [0.4, 0.5) is 0 Å². The van der Waals surface area contributed by atoms with Crippen LogP contribution in [0.1, 0.15) is 51.4 Å². The maximum Gasteiger partial charge on any atom is 0.171 e. The molecule has 4 aromatic rings. The van der Waals surface area contributed by atoms with E-state index < -0.39 is 0 Å². The molecule has 1 saturated carbocycles. The quantitative estimate of drug-likeness (QED) is 0.160. The lowest BCUT2D eigenvalue weighted by Gasteiger charge is -2.24. The SMILES string of the molecule is CNCCCCCn1c(-c2ncc(-c3ccc4ccccc4c3)n2CC2CCCCC2)cnc1I. The van der Waals surface area contributed by atoms with Crippen LogP contribution in [0, 0.1) is 9.75 Å². The van der Waals surface area contributed by atoms with E-state index in [1.165, 1.54) is 67.0 Å². The first-order valence-corrected chi connectivity index (χ1v) is 14.2. The van der Waals surface area contributed by atoms with Crippen molar-refractivity contribution >= 4 is 33.4 Å². The van der Waals surface area contributed by atoms with Crippen LogP contribution in [0.5, 0.6) is 0 Å². The fourth-order valence-corrected chi connectivity index (χ4v) is 6.11. The highest BCUT2D eigenvalue weighted by atomic mass is 127. The van der Waals surface area contributed by atoms with Crippen molar-refractivity contribution in [2.24, 2.45) is 5.92 Å². The van der Waals surface area contributed by atoms with E-state index in [2.05, 4.69) is 85.7 Å². The van der Waals surface area contributed by atoms with Gasteiger partial charge in [-0.3, -0.25) is 0 Å². The monoisotopic (exact) mass is 581 g/mol. The van der Waals surface area contributed by atoms with Crippen LogP contribution in [-0.2, 0) is 13.1 Å². The topological polar surface area (TPSA) is 47.7 Å². The second kappa shape index (κ2) is 11.7. The minimum absolute atomic E-state index is 0.716. The third-order valence-corrected chi connectivity index (χ3v) is 8.27. The molecule has 1 fully saturated rings. The summed E-state index contributed by atoms with van der Waals surface area (Å²) in [6.07, 6.45) is 14.4. The molecular formula is C29H36IN5. The van der Waals surface area contributed by atoms with E-state index in [-0.39, 0.29) is 0 Å². The molecule has 1 aliphatic rings. The Kier molecular flexibility index (Phi) is 8.19. The van der Waals surface area contributed by atoms with Crippen molar-refractivity contribution in [2.75, 3.05) is 13.6 Å². The zero-order valence-electron chi connectivity index (χ0n) is 20.7. The highest BCUT2D eigenvalue weighted by molar-refractivity contribution is 14.1. The maximum absolute atomic E-state index is 5.03. The van der Waals surface area contributed by atoms with Gasteiger partial charge in [-0.05, 0) is 84.6 Å². The summed E-state index contributed by atoms with van der Waals surface area (Å²) in [6.45, 7) is 3.09. The van der Waals surface area contributed by atoms with Crippen molar-refractivity contribution in [1.82, 2.24) is 24.4 Å². The number of hydrogen-bond donors (Lipinski definition) is 1. The normalized spacial score (nSPS) is 14.7. The average Bonchev–Trinajstić information content (AvgIpc) is 3.47. The average molecular weight is 582 g/mol. The van der Waals surface area contributed by atoms with Crippen molar-refractivity contribution in [3.8, 4) is 22.8 Å². The van der Waals surface area contributed by atoms with E-state index in [4.69, 9.17) is 9.97 Å². The van der Waals surface area contributed by atoms with Gasteiger partial charge in [0.15, 0.2) is 9.66 Å². The summed E-state index contributed by atoms with van der Waals surface area (Å²) in [4.78, 5) is 9.73. The van der Waals surface area contributed by atoms with Gasteiger partial charge in [0, 0.05) is 18.7 Å². The predicted molar refractivity (Wildman–Crippen MR) is 153 cm³/mol. The molecule has 0 bridgehead atoms. The van der Waals surface area contributed by atoms with Gasteiger partial charge in [-0.25, -0.2) is 9.97 Å². The van der Waals surface area contributed by atoms with Gasteiger partial charge in [-0.1, -0.05) is 62.1 Å². The number of hydrogen-bond acceptors (Lipinski definition) is 3. The molecule has 5 rings (SSSR count). The molecule has 0 spiro atoms. The fraction of sp³-hybridized carbons (Fsp3) is 0.448. The summed E-state index contributed by atoms with van der Waals surface area (Å²) < 4.78 is 5.90. The predicted octanol–water partition coefficient (Wildman–Crippen LogP) is 7.14. The number of halogens is 1.